The van der Waals surface area contributed by atoms with Gasteiger partial charge >= 0.3 is 0 Å². The SMILES string of the molecule is CCCCCCC(CCCC)O[SiH2]c1ccc([SiH2]OC(CCCC)CCCCCC)cc1. The molecular formula is C28H54O2Si2. The Balaban J connectivity index is 2.42. The van der Waals surface area contributed by atoms with Crippen molar-refractivity contribution in [1.29, 1.82) is 0 Å². The molecule has 1 aromatic carbocycles. The molecule has 0 aliphatic heterocycles. The van der Waals surface area contributed by atoms with Crippen molar-refractivity contribution in [3.63, 3.8) is 0 Å². The third-order valence-electron chi connectivity index (χ3n) is 6.51. The Morgan fingerprint density at radius 2 is 0.844 bits per heavy atom. The molecule has 0 fully saturated rings. The molecule has 0 aliphatic carbocycles. The molecule has 0 N–H and O–H groups in total. The van der Waals surface area contributed by atoms with Gasteiger partial charge in [-0.25, -0.2) is 0 Å². The van der Waals surface area contributed by atoms with Gasteiger partial charge in [-0.3, -0.25) is 0 Å². The largest absolute Gasteiger partial charge is 0.416 e. The van der Waals surface area contributed by atoms with Crippen LogP contribution in [0.3, 0.4) is 0 Å². The fourth-order valence-corrected chi connectivity index (χ4v) is 6.62. The molecule has 2 nitrogen and oxygen atoms in total. The summed E-state index contributed by atoms with van der Waals surface area (Å²) >= 11 is 0. The van der Waals surface area contributed by atoms with Crippen LogP contribution >= 0.6 is 0 Å². The van der Waals surface area contributed by atoms with Crippen molar-refractivity contribution in [3.8, 4) is 0 Å². The van der Waals surface area contributed by atoms with E-state index < -0.39 is 19.5 Å². The second-order valence-electron chi connectivity index (χ2n) is 9.67. The fraction of sp³-hybridized carbons (Fsp3) is 0.786. The second-order valence-corrected chi connectivity index (χ2v) is 12.5. The van der Waals surface area contributed by atoms with E-state index in [-0.39, 0.29) is 0 Å². The Kier molecular flexibility index (Phi) is 19.5. The smallest absolute Gasteiger partial charge is 0.192 e. The first-order valence-electron chi connectivity index (χ1n) is 14.0. The quantitative estimate of drug-likeness (QED) is 0.146. The Hall–Kier alpha value is -0.426. The van der Waals surface area contributed by atoms with Gasteiger partial charge in [-0.2, -0.15) is 0 Å². The molecule has 1 aromatic rings. The summed E-state index contributed by atoms with van der Waals surface area (Å²) in [7, 11) is -1.25. The first kappa shape index (κ1) is 29.6. The van der Waals surface area contributed by atoms with Gasteiger partial charge in [0.1, 0.15) is 0 Å². The molecule has 1 rings (SSSR count). The summed E-state index contributed by atoms with van der Waals surface area (Å²) in [4.78, 5) is 0. The van der Waals surface area contributed by atoms with E-state index in [0.29, 0.717) is 12.2 Å². The van der Waals surface area contributed by atoms with Crippen LogP contribution in [-0.4, -0.2) is 31.7 Å². The molecule has 0 saturated heterocycles. The molecule has 2 atom stereocenters. The number of benzene rings is 1. The molecule has 0 amide bonds. The van der Waals surface area contributed by atoms with Gasteiger partial charge in [0.05, 0.1) is 0 Å². The molecule has 0 radical (unpaired) electrons. The minimum atomic E-state index is -0.625. The minimum absolute atomic E-state index is 0.489. The van der Waals surface area contributed by atoms with E-state index in [1.165, 1.54) is 113 Å². The van der Waals surface area contributed by atoms with Gasteiger partial charge in [0.2, 0.25) is 0 Å². The predicted octanol–water partition coefficient (Wildman–Crippen LogP) is 6.20. The van der Waals surface area contributed by atoms with E-state index >= 15 is 0 Å². The lowest BCUT2D eigenvalue weighted by atomic mass is 10.1. The van der Waals surface area contributed by atoms with Crippen molar-refractivity contribution >= 4 is 29.9 Å². The summed E-state index contributed by atoms with van der Waals surface area (Å²) in [5.74, 6) is 0. The third kappa shape index (κ3) is 15.4. The van der Waals surface area contributed by atoms with Crippen LogP contribution in [0.4, 0.5) is 0 Å². The van der Waals surface area contributed by atoms with Crippen LogP contribution in [0.2, 0.25) is 0 Å². The van der Waals surface area contributed by atoms with Crippen molar-refractivity contribution in [2.24, 2.45) is 0 Å². The average molecular weight is 479 g/mol. The standard InChI is InChI=1S/C28H54O2Si2/c1-5-9-13-15-19-25(17-11-7-3)29-31-27-21-23-28(24-22-27)32-30-26(18-12-8-4)20-16-14-10-6-2/h21-26H,5-20,31-32H2,1-4H3. The van der Waals surface area contributed by atoms with E-state index in [4.69, 9.17) is 8.85 Å². The Bertz CT molecular complexity index is 474. The van der Waals surface area contributed by atoms with Crippen molar-refractivity contribution in [2.75, 3.05) is 0 Å². The summed E-state index contributed by atoms with van der Waals surface area (Å²) in [6, 6.07) is 9.31. The van der Waals surface area contributed by atoms with Crippen molar-refractivity contribution in [3.05, 3.63) is 24.3 Å². The van der Waals surface area contributed by atoms with Crippen LogP contribution in [0, 0.1) is 0 Å². The number of hydrogen-bond acceptors (Lipinski definition) is 2. The molecule has 32 heavy (non-hydrogen) atoms. The zero-order valence-corrected chi connectivity index (χ0v) is 24.8. The molecule has 0 heterocycles. The molecule has 0 bridgehead atoms. The Labute approximate surface area is 205 Å². The lowest BCUT2D eigenvalue weighted by Crippen LogP contribution is -2.28. The van der Waals surface area contributed by atoms with E-state index in [1.807, 2.05) is 0 Å². The molecule has 0 aromatic heterocycles. The van der Waals surface area contributed by atoms with Crippen molar-refractivity contribution in [2.45, 2.75) is 143 Å². The summed E-state index contributed by atoms with van der Waals surface area (Å²) < 4.78 is 13.0. The molecule has 0 saturated carbocycles. The van der Waals surface area contributed by atoms with E-state index in [9.17, 15) is 0 Å². The summed E-state index contributed by atoms with van der Waals surface area (Å²) in [6.45, 7) is 9.14. The van der Waals surface area contributed by atoms with E-state index in [0.717, 1.165) is 0 Å². The van der Waals surface area contributed by atoms with Crippen LogP contribution in [0.5, 0.6) is 0 Å². The molecule has 4 heteroatoms. The van der Waals surface area contributed by atoms with Gasteiger partial charge in [0.25, 0.3) is 0 Å². The summed E-state index contributed by atoms with van der Waals surface area (Å²) in [5.41, 5.74) is 0. The van der Waals surface area contributed by atoms with E-state index in [1.54, 1.807) is 0 Å². The number of rotatable bonds is 22. The normalized spacial score (nSPS) is 14.1. The van der Waals surface area contributed by atoms with Crippen LogP contribution in [-0.2, 0) is 8.85 Å². The molecule has 186 valence electrons. The fourth-order valence-electron chi connectivity index (χ4n) is 4.24. The Morgan fingerprint density at radius 1 is 0.500 bits per heavy atom. The third-order valence-corrected chi connectivity index (χ3v) is 9.40. The van der Waals surface area contributed by atoms with Gasteiger partial charge in [-0.15, -0.1) is 0 Å². The average Bonchev–Trinajstić information content (AvgIpc) is 2.82. The Morgan fingerprint density at radius 3 is 1.19 bits per heavy atom. The topological polar surface area (TPSA) is 18.5 Å². The van der Waals surface area contributed by atoms with Gasteiger partial charge < -0.3 is 8.85 Å². The highest BCUT2D eigenvalue weighted by molar-refractivity contribution is 6.49. The summed E-state index contributed by atoms with van der Waals surface area (Å²) in [5, 5.41) is 2.89. The van der Waals surface area contributed by atoms with Crippen molar-refractivity contribution in [1.82, 2.24) is 0 Å². The second kappa shape index (κ2) is 21.1. The zero-order chi connectivity index (χ0) is 23.3. The van der Waals surface area contributed by atoms with Crippen LogP contribution in [0.25, 0.3) is 0 Å². The maximum atomic E-state index is 6.48. The summed E-state index contributed by atoms with van der Waals surface area (Å²) in [6.07, 6.45) is 21.8. The predicted molar refractivity (Wildman–Crippen MR) is 149 cm³/mol. The van der Waals surface area contributed by atoms with Crippen molar-refractivity contribution < 1.29 is 8.85 Å². The number of unbranched alkanes of at least 4 members (excludes halogenated alkanes) is 8. The first-order valence-corrected chi connectivity index (χ1v) is 16.6. The van der Waals surface area contributed by atoms with E-state index in [2.05, 4.69) is 52.0 Å². The van der Waals surface area contributed by atoms with Gasteiger partial charge in [-0.05, 0) is 36.1 Å². The molecular weight excluding hydrogens is 424 g/mol. The highest BCUT2D eigenvalue weighted by atomic mass is 28.2. The monoisotopic (exact) mass is 478 g/mol. The molecule has 0 spiro atoms. The molecule has 2 unspecified atom stereocenters. The first-order chi connectivity index (χ1) is 15.7. The number of hydrogen-bond donors (Lipinski definition) is 0. The lowest BCUT2D eigenvalue weighted by Gasteiger charge is -2.19. The van der Waals surface area contributed by atoms with Gasteiger partial charge in [0.15, 0.2) is 19.5 Å². The van der Waals surface area contributed by atoms with Gasteiger partial charge in [0, 0.05) is 12.2 Å². The lowest BCUT2D eigenvalue weighted by molar-refractivity contribution is 0.185. The maximum Gasteiger partial charge on any atom is 0.192 e. The van der Waals surface area contributed by atoms with Crippen LogP contribution in [0.15, 0.2) is 24.3 Å². The molecule has 0 aliphatic rings. The minimum Gasteiger partial charge on any atom is -0.416 e. The van der Waals surface area contributed by atoms with Gasteiger partial charge in [-0.1, -0.05) is 129 Å². The zero-order valence-electron chi connectivity index (χ0n) is 22.0. The highest BCUT2D eigenvalue weighted by Crippen LogP contribution is 2.15. The maximum absolute atomic E-state index is 6.48. The highest BCUT2D eigenvalue weighted by Gasteiger charge is 2.11. The van der Waals surface area contributed by atoms with Crippen LogP contribution < -0.4 is 10.4 Å². The van der Waals surface area contributed by atoms with Crippen LogP contribution in [0.1, 0.15) is 130 Å².